The van der Waals surface area contributed by atoms with E-state index in [1.54, 1.807) is 0 Å². The second-order valence-corrected chi connectivity index (χ2v) is 11.6. The van der Waals surface area contributed by atoms with Crippen molar-refractivity contribution in [3.05, 3.63) is 64.6 Å². The first-order valence-electron chi connectivity index (χ1n) is 14.2. The van der Waals surface area contributed by atoms with Crippen LogP contribution >= 0.6 is 11.6 Å². The molecule has 3 aromatic rings. The predicted octanol–water partition coefficient (Wildman–Crippen LogP) is 4.05. The SMILES string of the molecule is COC1C(C(=O)N(c2cc(Cl)cc(C(F)(F)F)c2)[C@H]2CCCC[C@@H]2O)OC(CO)C(O)C1n1cc(-c2cc(F)c(F)c(F)c2)nn1. The molecule has 0 radical (unpaired) electrons. The average Bonchev–Trinajstić information content (AvgIpc) is 3.49. The van der Waals surface area contributed by atoms with Crippen molar-refractivity contribution in [1.82, 2.24) is 15.0 Å². The number of anilines is 1. The predicted molar refractivity (Wildman–Crippen MR) is 149 cm³/mol. The quantitative estimate of drug-likeness (QED) is 0.252. The number of benzene rings is 2. The van der Waals surface area contributed by atoms with Crippen molar-refractivity contribution >= 4 is 23.2 Å². The maximum atomic E-state index is 14.4. The Morgan fingerprint density at radius 3 is 2.39 bits per heavy atom. The van der Waals surface area contributed by atoms with Crippen LogP contribution in [0.15, 0.2) is 36.5 Å². The standard InChI is InChI=1S/C29H29ClF6N4O6/c1-45-26-24(39-11-19(37-38-39)13-6-17(31)23(33)18(32)7-13)25(43)22(12-41)46-27(26)28(44)40(20-4-2-3-5-21(20)42)16-9-14(29(34,35)36)8-15(30)10-16/h6-11,20-22,24-27,41-43H,2-5,12H2,1H3/t20-,21-,22?,24?,25?,26?,27?/m0/s1. The van der Waals surface area contributed by atoms with Gasteiger partial charge in [0, 0.05) is 23.4 Å². The highest BCUT2D eigenvalue weighted by Gasteiger charge is 2.52. The number of ether oxygens (including phenoxy) is 2. The zero-order chi connectivity index (χ0) is 33.5. The van der Waals surface area contributed by atoms with Gasteiger partial charge in [0.2, 0.25) is 0 Å². The maximum absolute atomic E-state index is 14.4. The van der Waals surface area contributed by atoms with E-state index in [2.05, 4.69) is 10.3 Å². The summed E-state index contributed by atoms with van der Waals surface area (Å²) >= 11 is 6.06. The maximum Gasteiger partial charge on any atom is 0.416 e. The molecule has 250 valence electrons. The van der Waals surface area contributed by atoms with Crippen LogP contribution in [-0.4, -0.2) is 86.5 Å². The Hall–Kier alpha value is -3.28. The monoisotopic (exact) mass is 678 g/mol. The summed E-state index contributed by atoms with van der Waals surface area (Å²) in [4.78, 5) is 15.4. The van der Waals surface area contributed by atoms with Crippen molar-refractivity contribution in [2.24, 2.45) is 0 Å². The number of amides is 1. The van der Waals surface area contributed by atoms with Crippen LogP contribution in [0.3, 0.4) is 0 Å². The van der Waals surface area contributed by atoms with E-state index < -0.39 is 84.3 Å². The Bertz CT molecular complexity index is 1550. The third-order valence-electron chi connectivity index (χ3n) is 8.23. The molecule has 0 spiro atoms. The third-order valence-corrected chi connectivity index (χ3v) is 8.45. The number of rotatable bonds is 7. The van der Waals surface area contributed by atoms with E-state index in [1.165, 1.54) is 0 Å². The molecule has 0 bridgehead atoms. The number of carbonyl (C=O) groups excluding carboxylic acids is 1. The number of alkyl halides is 3. The van der Waals surface area contributed by atoms with Gasteiger partial charge in [-0.2, -0.15) is 13.2 Å². The van der Waals surface area contributed by atoms with Crippen molar-refractivity contribution in [3.8, 4) is 11.3 Å². The molecule has 1 saturated carbocycles. The Morgan fingerprint density at radius 2 is 1.78 bits per heavy atom. The lowest BCUT2D eigenvalue weighted by Crippen LogP contribution is -2.63. The van der Waals surface area contributed by atoms with Gasteiger partial charge in [0.15, 0.2) is 23.6 Å². The number of halogens is 7. The molecule has 5 unspecified atom stereocenters. The topological polar surface area (TPSA) is 130 Å². The largest absolute Gasteiger partial charge is 0.416 e. The first-order valence-corrected chi connectivity index (χ1v) is 14.6. The summed E-state index contributed by atoms with van der Waals surface area (Å²) in [5, 5.41) is 39.6. The molecular weight excluding hydrogens is 650 g/mol. The molecule has 2 heterocycles. The molecule has 46 heavy (non-hydrogen) atoms. The minimum Gasteiger partial charge on any atom is -0.394 e. The summed E-state index contributed by atoms with van der Waals surface area (Å²) in [6.45, 7) is -0.824. The number of aliphatic hydroxyl groups excluding tert-OH is 3. The number of nitrogens with zero attached hydrogens (tertiary/aromatic N) is 4. The number of hydrogen-bond donors (Lipinski definition) is 3. The van der Waals surface area contributed by atoms with Gasteiger partial charge in [-0.1, -0.05) is 29.7 Å². The van der Waals surface area contributed by atoms with E-state index in [0.29, 0.717) is 31.0 Å². The summed E-state index contributed by atoms with van der Waals surface area (Å²) in [6.07, 6.45) is -9.39. The molecule has 1 saturated heterocycles. The number of carbonyl (C=O) groups is 1. The molecular formula is C29H29ClF6N4O6. The van der Waals surface area contributed by atoms with Crippen LogP contribution < -0.4 is 4.90 Å². The zero-order valence-electron chi connectivity index (χ0n) is 24.0. The van der Waals surface area contributed by atoms with E-state index in [1.807, 2.05) is 0 Å². The fourth-order valence-electron chi connectivity index (χ4n) is 6.01. The van der Waals surface area contributed by atoms with Crippen molar-refractivity contribution in [1.29, 1.82) is 0 Å². The molecule has 2 fully saturated rings. The summed E-state index contributed by atoms with van der Waals surface area (Å²) in [6, 6.07) is 1.55. The van der Waals surface area contributed by atoms with Crippen LogP contribution in [0.5, 0.6) is 0 Å². The van der Waals surface area contributed by atoms with Crippen LogP contribution in [0.4, 0.5) is 32.0 Å². The lowest BCUT2D eigenvalue weighted by atomic mass is 9.88. The van der Waals surface area contributed by atoms with Gasteiger partial charge in [0.05, 0.1) is 30.5 Å². The van der Waals surface area contributed by atoms with E-state index in [9.17, 15) is 46.5 Å². The van der Waals surface area contributed by atoms with Gasteiger partial charge in [-0.05, 0) is 43.2 Å². The van der Waals surface area contributed by atoms with Gasteiger partial charge in [0.1, 0.15) is 30.0 Å². The fourth-order valence-corrected chi connectivity index (χ4v) is 6.24. The van der Waals surface area contributed by atoms with Crippen molar-refractivity contribution < 1.29 is 55.9 Å². The molecule has 2 aromatic carbocycles. The molecule has 17 heteroatoms. The number of methoxy groups -OCH3 is 1. The average molecular weight is 679 g/mol. The van der Waals surface area contributed by atoms with Gasteiger partial charge in [0.25, 0.3) is 5.91 Å². The van der Waals surface area contributed by atoms with E-state index >= 15 is 0 Å². The van der Waals surface area contributed by atoms with Crippen LogP contribution in [-0.2, 0) is 20.4 Å². The smallest absolute Gasteiger partial charge is 0.394 e. The molecule has 3 N–H and O–H groups in total. The Balaban J connectivity index is 1.57. The minimum absolute atomic E-state index is 0.152. The molecule has 10 nitrogen and oxygen atoms in total. The first-order chi connectivity index (χ1) is 21.7. The van der Waals surface area contributed by atoms with E-state index in [-0.39, 0.29) is 34.8 Å². The highest BCUT2D eigenvalue weighted by molar-refractivity contribution is 6.31. The van der Waals surface area contributed by atoms with Crippen molar-refractivity contribution in [3.63, 3.8) is 0 Å². The molecule has 2 aliphatic rings. The lowest BCUT2D eigenvalue weighted by Gasteiger charge is -2.46. The van der Waals surface area contributed by atoms with Crippen LogP contribution in [0, 0.1) is 17.5 Å². The molecule has 1 aliphatic heterocycles. The minimum atomic E-state index is -4.83. The number of aliphatic hydroxyl groups is 3. The molecule has 1 aliphatic carbocycles. The van der Waals surface area contributed by atoms with E-state index in [4.69, 9.17) is 21.1 Å². The Labute approximate surface area is 263 Å². The summed E-state index contributed by atoms with van der Waals surface area (Å²) < 4.78 is 95.1. The van der Waals surface area contributed by atoms with Gasteiger partial charge in [-0.25, -0.2) is 17.9 Å². The molecule has 1 amide bonds. The highest BCUT2D eigenvalue weighted by atomic mass is 35.5. The second-order valence-electron chi connectivity index (χ2n) is 11.1. The first kappa shape index (κ1) is 34.1. The van der Waals surface area contributed by atoms with Crippen molar-refractivity contribution in [2.75, 3.05) is 18.6 Å². The van der Waals surface area contributed by atoms with Gasteiger partial charge in [-0.15, -0.1) is 5.10 Å². The van der Waals surface area contributed by atoms with Crippen LogP contribution in [0.25, 0.3) is 11.3 Å². The Kier molecular flexibility index (Phi) is 9.96. The summed E-state index contributed by atoms with van der Waals surface area (Å²) in [5.41, 5.74) is -1.78. The molecule has 7 atom stereocenters. The third kappa shape index (κ3) is 6.59. The summed E-state index contributed by atoms with van der Waals surface area (Å²) in [7, 11) is 1.16. The molecule has 5 rings (SSSR count). The number of hydrogen-bond acceptors (Lipinski definition) is 8. The fraction of sp³-hybridized carbons (Fsp3) is 0.483. The van der Waals surface area contributed by atoms with Crippen molar-refractivity contribution in [2.45, 2.75) is 74.5 Å². The Morgan fingerprint density at radius 1 is 1.11 bits per heavy atom. The second kappa shape index (κ2) is 13.4. The van der Waals surface area contributed by atoms with Crippen LogP contribution in [0.2, 0.25) is 5.02 Å². The van der Waals surface area contributed by atoms with Crippen LogP contribution in [0.1, 0.15) is 37.3 Å². The number of aromatic nitrogens is 3. The highest BCUT2D eigenvalue weighted by Crippen LogP contribution is 2.39. The summed E-state index contributed by atoms with van der Waals surface area (Å²) in [5.74, 6) is -5.64. The molecule has 1 aromatic heterocycles. The normalized spacial score (nSPS) is 27.1. The lowest BCUT2D eigenvalue weighted by molar-refractivity contribution is -0.211. The van der Waals surface area contributed by atoms with Gasteiger partial charge >= 0.3 is 6.18 Å². The zero-order valence-corrected chi connectivity index (χ0v) is 24.8. The van der Waals surface area contributed by atoms with Gasteiger partial charge < -0.3 is 29.7 Å². The van der Waals surface area contributed by atoms with Gasteiger partial charge in [-0.3, -0.25) is 4.79 Å². The van der Waals surface area contributed by atoms with E-state index in [0.717, 1.165) is 35.0 Å².